The van der Waals surface area contributed by atoms with Crippen LogP contribution in [0.15, 0.2) is 30.3 Å². The molecule has 0 heterocycles. The number of hydrogen-bond acceptors (Lipinski definition) is 4. The van der Waals surface area contributed by atoms with Crippen molar-refractivity contribution < 1.29 is 18.4 Å². The number of nitriles is 1. The Labute approximate surface area is 118 Å². The van der Waals surface area contributed by atoms with E-state index in [2.05, 4.69) is 0 Å². The van der Waals surface area contributed by atoms with Gasteiger partial charge >= 0.3 is 5.69 Å². The van der Waals surface area contributed by atoms with Crippen molar-refractivity contribution in [3.8, 4) is 17.6 Å². The Hall–Kier alpha value is -3.01. The summed E-state index contributed by atoms with van der Waals surface area (Å²) >= 11 is 0. The smallest absolute Gasteiger partial charge is 0.307 e. The van der Waals surface area contributed by atoms with Crippen LogP contribution >= 0.6 is 0 Å². The maximum absolute atomic E-state index is 13.7. The summed E-state index contributed by atoms with van der Waals surface area (Å²) in [5.41, 5.74) is -0.0878. The van der Waals surface area contributed by atoms with Crippen LogP contribution in [0.25, 0.3) is 0 Å². The first-order chi connectivity index (χ1) is 9.92. The lowest BCUT2D eigenvalue weighted by atomic mass is 10.1. The Bertz CT molecular complexity index is 770. The lowest BCUT2D eigenvalue weighted by molar-refractivity contribution is -0.387. The zero-order valence-corrected chi connectivity index (χ0v) is 10.8. The second-order valence-electron chi connectivity index (χ2n) is 4.20. The van der Waals surface area contributed by atoms with Crippen molar-refractivity contribution in [2.24, 2.45) is 0 Å². The molecular formula is C14H8F2N2O3. The molecule has 0 aliphatic rings. The maximum Gasteiger partial charge on any atom is 0.307 e. The molecule has 2 aromatic carbocycles. The highest BCUT2D eigenvalue weighted by Crippen LogP contribution is 2.31. The molecule has 0 radical (unpaired) electrons. The largest absolute Gasteiger partial charge is 0.453 e. The van der Waals surface area contributed by atoms with Gasteiger partial charge in [0.15, 0.2) is 11.6 Å². The lowest BCUT2D eigenvalue weighted by Crippen LogP contribution is -1.97. The van der Waals surface area contributed by atoms with E-state index in [9.17, 15) is 18.9 Å². The first kappa shape index (κ1) is 14.4. The second kappa shape index (κ2) is 5.54. The Morgan fingerprint density at radius 1 is 1.19 bits per heavy atom. The number of nitro benzene ring substituents is 1. The van der Waals surface area contributed by atoms with E-state index in [1.165, 1.54) is 12.1 Å². The van der Waals surface area contributed by atoms with Gasteiger partial charge in [0.1, 0.15) is 11.8 Å². The van der Waals surface area contributed by atoms with E-state index >= 15 is 0 Å². The summed E-state index contributed by atoms with van der Waals surface area (Å²) < 4.78 is 32.4. The molecule has 106 valence electrons. The van der Waals surface area contributed by atoms with Crippen molar-refractivity contribution in [1.29, 1.82) is 5.26 Å². The predicted octanol–water partition coefficient (Wildman–Crippen LogP) is 3.85. The Kier molecular flexibility index (Phi) is 3.80. The molecule has 0 spiro atoms. The van der Waals surface area contributed by atoms with E-state index < -0.39 is 28.0 Å². The molecule has 0 amide bonds. The molecular weight excluding hydrogens is 282 g/mol. The number of ether oxygens (including phenoxy) is 1. The van der Waals surface area contributed by atoms with E-state index in [0.29, 0.717) is 12.1 Å². The number of halogens is 2. The van der Waals surface area contributed by atoms with Gasteiger partial charge in [-0.25, -0.2) is 4.39 Å². The van der Waals surface area contributed by atoms with Crippen LogP contribution in [0, 0.1) is 40.0 Å². The van der Waals surface area contributed by atoms with Crippen LogP contribution < -0.4 is 4.74 Å². The van der Waals surface area contributed by atoms with Crippen molar-refractivity contribution >= 4 is 5.69 Å². The van der Waals surface area contributed by atoms with Crippen LogP contribution in [-0.4, -0.2) is 4.92 Å². The van der Waals surface area contributed by atoms with Crippen molar-refractivity contribution in [2.45, 2.75) is 6.92 Å². The fourth-order valence-electron chi connectivity index (χ4n) is 1.66. The molecule has 0 N–H and O–H groups in total. The topological polar surface area (TPSA) is 76.2 Å². The fraction of sp³-hybridized carbons (Fsp3) is 0.0714. The van der Waals surface area contributed by atoms with Crippen LogP contribution in [0.3, 0.4) is 0 Å². The van der Waals surface area contributed by atoms with Crippen LogP contribution in [-0.2, 0) is 0 Å². The summed E-state index contributed by atoms with van der Waals surface area (Å²) in [6.07, 6.45) is 0. The summed E-state index contributed by atoms with van der Waals surface area (Å²) in [7, 11) is 0. The molecule has 5 nitrogen and oxygen atoms in total. The third kappa shape index (κ3) is 2.95. The molecule has 0 unspecified atom stereocenters. The molecule has 0 bridgehead atoms. The van der Waals surface area contributed by atoms with E-state index in [-0.39, 0.29) is 11.3 Å². The van der Waals surface area contributed by atoms with Gasteiger partial charge in [-0.3, -0.25) is 10.1 Å². The average molecular weight is 290 g/mol. The molecule has 2 rings (SSSR count). The molecule has 0 atom stereocenters. The molecule has 0 aromatic heterocycles. The highest BCUT2D eigenvalue weighted by atomic mass is 19.1. The quantitative estimate of drug-likeness (QED) is 0.635. The van der Waals surface area contributed by atoms with Gasteiger partial charge < -0.3 is 4.74 Å². The van der Waals surface area contributed by atoms with Crippen LogP contribution in [0.4, 0.5) is 14.5 Å². The molecule has 0 fully saturated rings. The van der Waals surface area contributed by atoms with E-state index in [4.69, 9.17) is 10.00 Å². The number of rotatable bonds is 3. The van der Waals surface area contributed by atoms with Gasteiger partial charge in [-0.1, -0.05) is 6.07 Å². The Morgan fingerprint density at radius 2 is 1.90 bits per heavy atom. The summed E-state index contributed by atoms with van der Waals surface area (Å²) in [5.74, 6) is -2.79. The molecule has 7 heteroatoms. The SMILES string of the molecule is Cc1ccc(C#N)c(Oc2cc(F)c([N+](=O)[O-])cc2F)c1. The van der Waals surface area contributed by atoms with Crippen LogP contribution in [0.1, 0.15) is 11.1 Å². The van der Waals surface area contributed by atoms with Gasteiger partial charge in [0.2, 0.25) is 5.82 Å². The van der Waals surface area contributed by atoms with Crippen molar-refractivity contribution in [2.75, 3.05) is 0 Å². The molecule has 0 aliphatic carbocycles. The monoisotopic (exact) mass is 290 g/mol. The van der Waals surface area contributed by atoms with E-state index in [0.717, 1.165) is 5.56 Å². The summed E-state index contributed by atoms with van der Waals surface area (Å²) in [4.78, 5) is 9.47. The van der Waals surface area contributed by atoms with Gasteiger partial charge in [-0.05, 0) is 24.6 Å². The van der Waals surface area contributed by atoms with Crippen LogP contribution in [0.5, 0.6) is 11.5 Å². The standard InChI is InChI=1S/C14H8F2N2O3/c1-8-2-3-9(7-17)13(4-8)21-14-6-10(15)12(18(19)20)5-11(14)16/h2-6H,1H3. The third-order valence-corrected chi connectivity index (χ3v) is 2.68. The maximum atomic E-state index is 13.7. The van der Waals surface area contributed by atoms with Gasteiger partial charge in [0, 0.05) is 6.07 Å². The average Bonchev–Trinajstić information content (AvgIpc) is 2.42. The zero-order valence-electron chi connectivity index (χ0n) is 10.8. The normalized spacial score (nSPS) is 10.0. The first-order valence-electron chi connectivity index (χ1n) is 5.74. The number of nitrogens with zero attached hydrogens (tertiary/aromatic N) is 2. The first-order valence-corrected chi connectivity index (χ1v) is 5.74. The highest BCUT2D eigenvalue weighted by molar-refractivity contribution is 5.48. The van der Waals surface area contributed by atoms with Gasteiger partial charge in [0.25, 0.3) is 0 Å². The number of nitro groups is 1. The predicted molar refractivity (Wildman–Crippen MR) is 69.0 cm³/mol. The fourth-order valence-corrected chi connectivity index (χ4v) is 1.66. The minimum Gasteiger partial charge on any atom is -0.453 e. The molecule has 0 saturated carbocycles. The Balaban J connectivity index is 2.46. The minimum atomic E-state index is -1.22. The Morgan fingerprint density at radius 3 is 2.52 bits per heavy atom. The van der Waals surface area contributed by atoms with Gasteiger partial charge in [0.05, 0.1) is 16.6 Å². The highest BCUT2D eigenvalue weighted by Gasteiger charge is 2.20. The van der Waals surface area contributed by atoms with Crippen molar-refractivity contribution in [1.82, 2.24) is 0 Å². The van der Waals surface area contributed by atoms with Gasteiger partial charge in [-0.2, -0.15) is 9.65 Å². The summed E-state index contributed by atoms with van der Waals surface area (Å²) in [5, 5.41) is 19.4. The lowest BCUT2D eigenvalue weighted by Gasteiger charge is -2.09. The molecule has 0 saturated heterocycles. The number of aryl methyl sites for hydroxylation is 1. The van der Waals surface area contributed by atoms with Crippen molar-refractivity contribution in [3.63, 3.8) is 0 Å². The summed E-state index contributed by atoms with van der Waals surface area (Å²) in [6, 6.07) is 7.50. The third-order valence-electron chi connectivity index (χ3n) is 2.68. The van der Waals surface area contributed by atoms with Gasteiger partial charge in [-0.15, -0.1) is 0 Å². The number of hydrogen-bond donors (Lipinski definition) is 0. The summed E-state index contributed by atoms with van der Waals surface area (Å²) in [6.45, 7) is 1.74. The molecule has 0 aliphatic heterocycles. The molecule has 2 aromatic rings. The van der Waals surface area contributed by atoms with Crippen molar-refractivity contribution in [3.05, 3.63) is 63.2 Å². The molecule has 21 heavy (non-hydrogen) atoms. The van der Waals surface area contributed by atoms with Crippen LogP contribution in [0.2, 0.25) is 0 Å². The number of benzene rings is 2. The minimum absolute atomic E-state index is 0.0460. The second-order valence-corrected chi connectivity index (χ2v) is 4.20. The van der Waals surface area contributed by atoms with E-state index in [1.807, 2.05) is 6.07 Å². The zero-order chi connectivity index (χ0) is 15.6. The van der Waals surface area contributed by atoms with E-state index in [1.54, 1.807) is 13.0 Å².